The fraction of sp³-hybridized carbons (Fsp3) is 0.364. The van der Waals surface area contributed by atoms with Gasteiger partial charge in [0.1, 0.15) is 6.33 Å². The van der Waals surface area contributed by atoms with Gasteiger partial charge in [-0.2, -0.15) is 0 Å². The lowest BCUT2D eigenvalue weighted by atomic mass is 10.0. The van der Waals surface area contributed by atoms with Crippen LogP contribution in [-0.4, -0.2) is 38.0 Å². The molecule has 1 aliphatic rings. The molecule has 1 saturated heterocycles. The lowest BCUT2D eigenvalue weighted by Crippen LogP contribution is -2.32. The molecule has 3 rings (SSSR count). The van der Waals surface area contributed by atoms with Gasteiger partial charge in [-0.3, -0.25) is 5.43 Å². The van der Waals surface area contributed by atoms with E-state index in [0.717, 1.165) is 17.7 Å². The summed E-state index contributed by atoms with van der Waals surface area (Å²) < 4.78 is 1.62. The van der Waals surface area contributed by atoms with Crippen molar-refractivity contribution in [1.29, 1.82) is 0 Å². The summed E-state index contributed by atoms with van der Waals surface area (Å²) in [5, 5.41) is 20.2. The van der Waals surface area contributed by atoms with Gasteiger partial charge >= 0.3 is 0 Å². The smallest absolute Gasteiger partial charge is 0.143 e. The summed E-state index contributed by atoms with van der Waals surface area (Å²) in [6.45, 7) is 0.135. The number of nitrogens with zero attached hydrogens (tertiary/aromatic N) is 4. The molecule has 0 amide bonds. The summed E-state index contributed by atoms with van der Waals surface area (Å²) in [5.74, 6) is 0. The van der Waals surface area contributed by atoms with E-state index in [1.54, 1.807) is 11.0 Å². The van der Waals surface area contributed by atoms with Gasteiger partial charge in [-0.1, -0.05) is 12.1 Å². The number of aromatic nitrogens is 4. The van der Waals surface area contributed by atoms with Crippen LogP contribution in [0.4, 0.5) is 0 Å². The van der Waals surface area contributed by atoms with Crippen molar-refractivity contribution in [3.05, 3.63) is 36.2 Å². The highest BCUT2D eigenvalue weighted by Gasteiger charge is 2.24. The van der Waals surface area contributed by atoms with E-state index in [-0.39, 0.29) is 18.7 Å². The molecule has 7 nitrogen and oxygen atoms in total. The van der Waals surface area contributed by atoms with Crippen LogP contribution in [0.1, 0.15) is 18.0 Å². The molecule has 0 radical (unpaired) electrons. The monoisotopic (exact) mass is 246 g/mol. The molecule has 0 saturated carbocycles. The van der Waals surface area contributed by atoms with E-state index < -0.39 is 0 Å². The van der Waals surface area contributed by atoms with Gasteiger partial charge in [0.05, 0.1) is 12.3 Å². The number of benzene rings is 1. The van der Waals surface area contributed by atoms with E-state index in [2.05, 4.69) is 26.4 Å². The van der Waals surface area contributed by atoms with Gasteiger partial charge in [0, 0.05) is 12.1 Å². The molecule has 94 valence electrons. The molecule has 1 aliphatic heterocycles. The molecule has 3 N–H and O–H groups in total. The Labute approximate surface area is 104 Å². The van der Waals surface area contributed by atoms with Crippen LogP contribution in [0.3, 0.4) is 0 Å². The van der Waals surface area contributed by atoms with Crippen molar-refractivity contribution in [2.24, 2.45) is 0 Å². The van der Waals surface area contributed by atoms with Crippen LogP contribution < -0.4 is 10.9 Å². The Morgan fingerprint density at radius 2 is 2.33 bits per heavy atom. The maximum absolute atomic E-state index is 9.10. The van der Waals surface area contributed by atoms with Crippen molar-refractivity contribution in [1.82, 2.24) is 31.1 Å². The number of aliphatic hydroxyl groups excluding tert-OH is 1. The van der Waals surface area contributed by atoms with Crippen LogP contribution >= 0.6 is 0 Å². The van der Waals surface area contributed by atoms with E-state index in [4.69, 9.17) is 5.11 Å². The second-order valence-electron chi connectivity index (χ2n) is 4.31. The van der Waals surface area contributed by atoms with Gasteiger partial charge in [-0.05, 0) is 34.5 Å². The summed E-state index contributed by atoms with van der Waals surface area (Å²) >= 11 is 0. The normalized spacial score (nSPS) is 23.4. The van der Waals surface area contributed by atoms with Crippen molar-refractivity contribution in [2.45, 2.75) is 18.5 Å². The van der Waals surface area contributed by atoms with Crippen LogP contribution in [-0.2, 0) is 0 Å². The van der Waals surface area contributed by atoms with Crippen molar-refractivity contribution in [3.8, 4) is 5.69 Å². The van der Waals surface area contributed by atoms with Crippen molar-refractivity contribution < 1.29 is 5.11 Å². The van der Waals surface area contributed by atoms with Crippen molar-refractivity contribution >= 4 is 0 Å². The maximum Gasteiger partial charge on any atom is 0.143 e. The summed E-state index contributed by atoms with van der Waals surface area (Å²) in [6.07, 6.45) is 2.42. The van der Waals surface area contributed by atoms with Crippen LogP contribution in [0.5, 0.6) is 0 Å². The van der Waals surface area contributed by atoms with Crippen LogP contribution in [0.25, 0.3) is 5.69 Å². The second kappa shape index (κ2) is 4.81. The molecule has 1 aromatic heterocycles. The van der Waals surface area contributed by atoms with E-state index in [1.165, 1.54) is 0 Å². The molecular weight excluding hydrogens is 232 g/mol. The molecular formula is C11H14N6O. The van der Waals surface area contributed by atoms with Crippen molar-refractivity contribution in [2.75, 3.05) is 6.61 Å². The summed E-state index contributed by atoms with van der Waals surface area (Å²) in [6, 6.07) is 8.30. The zero-order chi connectivity index (χ0) is 12.4. The van der Waals surface area contributed by atoms with Gasteiger partial charge in [-0.25, -0.2) is 10.1 Å². The van der Waals surface area contributed by atoms with Gasteiger partial charge in [0.25, 0.3) is 0 Å². The summed E-state index contributed by atoms with van der Waals surface area (Å²) in [4.78, 5) is 0. The summed E-state index contributed by atoms with van der Waals surface area (Å²) in [7, 11) is 0. The van der Waals surface area contributed by atoms with E-state index in [1.807, 2.05) is 24.3 Å². The van der Waals surface area contributed by atoms with Crippen LogP contribution in [0, 0.1) is 0 Å². The molecule has 18 heavy (non-hydrogen) atoms. The molecule has 1 aromatic carbocycles. The highest BCUT2D eigenvalue weighted by Crippen LogP contribution is 2.23. The third-order valence-electron chi connectivity index (χ3n) is 3.09. The van der Waals surface area contributed by atoms with Gasteiger partial charge in [0.2, 0.25) is 0 Å². The molecule has 2 heterocycles. The Morgan fingerprint density at radius 1 is 1.39 bits per heavy atom. The Balaban J connectivity index is 1.84. The van der Waals surface area contributed by atoms with Crippen molar-refractivity contribution in [3.63, 3.8) is 0 Å². The lowest BCUT2D eigenvalue weighted by Gasteiger charge is -2.11. The molecule has 2 atom stereocenters. The predicted octanol–water partition coefficient (Wildman–Crippen LogP) is -0.438. The zero-order valence-corrected chi connectivity index (χ0v) is 9.69. The van der Waals surface area contributed by atoms with E-state index in [9.17, 15) is 0 Å². The highest BCUT2D eigenvalue weighted by atomic mass is 16.3. The first-order valence-electron chi connectivity index (χ1n) is 5.82. The quantitative estimate of drug-likeness (QED) is 0.680. The molecule has 0 spiro atoms. The maximum atomic E-state index is 9.10. The largest absolute Gasteiger partial charge is 0.395 e. The number of tetrazole rings is 1. The number of hydrogen-bond acceptors (Lipinski definition) is 6. The first-order valence-corrected chi connectivity index (χ1v) is 5.82. The Bertz CT molecular complexity index is 514. The average molecular weight is 246 g/mol. The van der Waals surface area contributed by atoms with Gasteiger partial charge in [0.15, 0.2) is 0 Å². The number of hydrogen-bond donors (Lipinski definition) is 3. The Morgan fingerprint density at radius 3 is 3.06 bits per heavy atom. The fourth-order valence-electron chi connectivity index (χ4n) is 2.12. The minimum absolute atomic E-state index is 0.103. The fourth-order valence-corrected chi connectivity index (χ4v) is 2.12. The molecule has 0 bridgehead atoms. The topological polar surface area (TPSA) is 87.9 Å². The number of aliphatic hydroxyl groups is 1. The van der Waals surface area contributed by atoms with Crippen LogP contribution in [0.2, 0.25) is 0 Å². The minimum atomic E-state index is 0.103. The van der Waals surface area contributed by atoms with Gasteiger partial charge < -0.3 is 5.11 Å². The predicted molar refractivity (Wildman–Crippen MR) is 63.7 cm³/mol. The SMILES string of the molecule is OCC1CC(c2cccc(-n3cnnn3)c2)NN1. The molecule has 1 fully saturated rings. The first kappa shape index (κ1) is 11.3. The van der Waals surface area contributed by atoms with E-state index in [0.29, 0.717) is 0 Å². The zero-order valence-electron chi connectivity index (χ0n) is 9.69. The number of hydrazine groups is 1. The standard InChI is InChI=1S/C11H14N6O/c18-6-9-5-11(14-13-9)8-2-1-3-10(4-8)17-7-12-15-16-17/h1-4,7,9,11,13-14,18H,5-6H2. The Kier molecular flexibility index (Phi) is 3.01. The molecule has 7 heteroatoms. The lowest BCUT2D eigenvalue weighted by molar-refractivity contribution is 0.251. The summed E-state index contributed by atoms with van der Waals surface area (Å²) in [5.41, 5.74) is 8.31. The molecule has 2 aromatic rings. The van der Waals surface area contributed by atoms with Gasteiger partial charge in [-0.15, -0.1) is 5.10 Å². The average Bonchev–Trinajstić information content (AvgIpc) is 3.10. The molecule has 2 unspecified atom stereocenters. The minimum Gasteiger partial charge on any atom is -0.395 e. The van der Waals surface area contributed by atoms with E-state index >= 15 is 0 Å². The second-order valence-corrected chi connectivity index (χ2v) is 4.31. The first-order chi connectivity index (χ1) is 8.86. The van der Waals surface area contributed by atoms with Crippen LogP contribution in [0.15, 0.2) is 30.6 Å². The highest BCUT2D eigenvalue weighted by molar-refractivity contribution is 5.36. The molecule has 0 aliphatic carbocycles. The number of rotatable bonds is 3. The third-order valence-corrected chi connectivity index (χ3v) is 3.09. The third kappa shape index (κ3) is 2.10. The number of nitrogens with one attached hydrogen (secondary N) is 2. The Hall–Kier alpha value is -1.83.